The van der Waals surface area contributed by atoms with E-state index >= 15 is 0 Å². The summed E-state index contributed by atoms with van der Waals surface area (Å²) in [7, 11) is 0. The quantitative estimate of drug-likeness (QED) is 0.676. The molecule has 3 rings (SSSR count). The van der Waals surface area contributed by atoms with Crippen molar-refractivity contribution in [2.75, 3.05) is 25.4 Å². The third kappa shape index (κ3) is 5.64. The van der Waals surface area contributed by atoms with Crippen molar-refractivity contribution in [1.82, 2.24) is 15.2 Å². The van der Waals surface area contributed by atoms with Gasteiger partial charge in [-0.15, -0.1) is 0 Å². The van der Waals surface area contributed by atoms with Gasteiger partial charge in [-0.3, -0.25) is 14.5 Å². The first kappa shape index (κ1) is 22.4. The van der Waals surface area contributed by atoms with E-state index in [9.17, 15) is 9.59 Å². The van der Waals surface area contributed by atoms with Crippen molar-refractivity contribution in [3.63, 3.8) is 0 Å². The Morgan fingerprint density at radius 1 is 1.23 bits per heavy atom. The van der Waals surface area contributed by atoms with Crippen LogP contribution in [0.15, 0.2) is 35.1 Å². The molecule has 0 saturated carbocycles. The fourth-order valence-electron chi connectivity index (χ4n) is 3.74. The van der Waals surface area contributed by atoms with Crippen molar-refractivity contribution in [3.8, 4) is 0 Å². The zero-order valence-electron chi connectivity index (χ0n) is 17.9. The maximum Gasteiger partial charge on any atom is 0.262 e. The minimum Gasteiger partial charge on any atom is -0.384 e. The SMILES string of the molecule is CC(C)(C)c1ccc(CN2CCC(CNC(=O)c3cc(Cl)c(N)[nH]c3=O)CC2)cc1. The second-order valence-corrected chi connectivity index (χ2v) is 9.56. The lowest BCUT2D eigenvalue weighted by Gasteiger charge is -2.32. The summed E-state index contributed by atoms with van der Waals surface area (Å²) in [5, 5.41) is 3.03. The zero-order chi connectivity index (χ0) is 21.9. The molecule has 162 valence electrons. The smallest absolute Gasteiger partial charge is 0.262 e. The number of nitrogens with two attached hydrogens (primary N) is 1. The summed E-state index contributed by atoms with van der Waals surface area (Å²) in [5.74, 6) is 0.0509. The summed E-state index contributed by atoms with van der Waals surface area (Å²) in [6.45, 7) is 10.2. The Bertz CT molecular complexity index is 939. The van der Waals surface area contributed by atoms with Crippen LogP contribution in [-0.4, -0.2) is 35.4 Å². The van der Waals surface area contributed by atoms with Crippen LogP contribution in [0.2, 0.25) is 5.02 Å². The number of anilines is 1. The van der Waals surface area contributed by atoms with Gasteiger partial charge in [0.2, 0.25) is 0 Å². The topological polar surface area (TPSA) is 91.2 Å². The Balaban J connectivity index is 1.46. The molecule has 0 aliphatic carbocycles. The zero-order valence-corrected chi connectivity index (χ0v) is 18.7. The number of nitrogen functional groups attached to an aromatic ring is 1. The van der Waals surface area contributed by atoms with Gasteiger partial charge in [-0.25, -0.2) is 0 Å². The van der Waals surface area contributed by atoms with Crippen LogP contribution in [0.1, 0.15) is 55.1 Å². The summed E-state index contributed by atoms with van der Waals surface area (Å²) < 4.78 is 0. The maximum atomic E-state index is 12.3. The third-order valence-corrected chi connectivity index (χ3v) is 6.06. The van der Waals surface area contributed by atoms with Gasteiger partial charge in [-0.05, 0) is 54.5 Å². The van der Waals surface area contributed by atoms with E-state index in [1.165, 1.54) is 17.2 Å². The molecule has 1 aliphatic rings. The van der Waals surface area contributed by atoms with Crippen molar-refractivity contribution >= 4 is 23.3 Å². The summed E-state index contributed by atoms with van der Waals surface area (Å²) in [6.07, 6.45) is 2.03. The minimum atomic E-state index is -0.526. The molecule has 4 N–H and O–H groups in total. The number of nitrogens with one attached hydrogen (secondary N) is 2. The molecule has 6 nitrogen and oxygen atoms in total. The van der Waals surface area contributed by atoms with Crippen LogP contribution in [-0.2, 0) is 12.0 Å². The van der Waals surface area contributed by atoms with Crippen LogP contribution < -0.4 is 16.6 Å². The number of H-pyrrole nitrogens is 1. The van der Waals surface area contributed by atoms with E-state index in [4.69, 9.17) is 17.3 Å². The Labute approximate surface area is 182 Å². The number of carbonyl (C=O) groups is 1. The molecule has 30 heavy (non-hydrogen) atoms. The molecule has 1 aromatic heterocycles. The fraction of sp³-hybridized carbons (Fsp3) is 0.478. The average Bonchev–Trinajstić information content (AvgIpc) is 2.70. The summed E-state index contributed by atoms with van der Waals surface area (Å²) in [6, 6.07) is 10.2. The van der Waals surface area contributed by atoms with Gasteiger partial charge in [0, 0.05) is 13.1 Å². The summed E-state index contributed by atoms with van der Waals surface area (Å²) >= 11 is 5.91. The van der Waals surface area contributed by atoms with E-state index < -0.39 is 11.5 Å². The molecular formula is C23H31ClN4O2. The first-order valence-electron chi connectivity index (χ1n) is 10.4. The number of pyridine rings is 1. The number of piperidine rings is 1. The molecule has 0 unspecified atom stereocenters. The van der Waals surface area contributed by atoms with Crippen LogP contribution in [0, 0.1) is 5.92 Å². The van der Waals surface area contributed by atoms with E-state index in [-0.39, 0.29) is 21.8 Å². The van der Waals surface area contributed by atoms with Gasteiger partial charge in [0.05, 0.1) is 5.02 Å². The summed E-state index contributed by atoms with van der Waals surface area (Å²) in [5.41, 5.74) is 7.86. The van der Waals surface area contributed by atoms with Crippen LogP contribution >= 0.6 is 11.6 Å². The van der Waals surface area contributed by atoms with Crippen molar-refractivity contribution < 1.29 is 4.79 Å². The van der Waals surface area contributed by atoms with E-state index in [0.717, 1.165) is 32.5 Å². The van der Waals surface area contributed by atoms with Crippen LogP contribution in [0.25, 0.3) is 0 Å². The maximum absolute atomic E-state index is 12.3. The molecule has 7 heteroatoms. The highest BCUT2D eigenvalue weighted by Gasteiger charge is 2.21. The number of aromatic amines is 1. The third-order valence-electron chi connectivity index (χ3n) is 5.75. The number of amides is 1. The lowest BCUT2D eigenvalue weighted by Crippen LogP contribution is -2.39. The molecule has 0 atom stereocenters. The minimum absolute atomic E-state index is 0.00894. The highest BCUT2D eigenvalue weighted by Crippen LogP contribution is 2.24. The molecule has 1 saturated heterocycles. The second-order valence-electron chi connectivity index (χ2n) is 9.15. The lowest BCUT2D eigenvalue weighted by molar-refractivity contribution is 0.0933. The van der Waals surface area contributed by atoms with Crippen molar-refractivity contribution in [1.29, 1.82) is 0 Å². The molecule has 1 fully saturated rings. The molecular weight excluding hydrogens is 400 g/mol. The number of carbonyl (C=O) groups excluding carboxylic acids is 1. The first-order chi connectivity index (χ1) is 14.1. The highest BCUT2D eigenvalue weighted by molar-refractivity contribution is 6.33. The Hall–Kier alpha value is -2.31. The fourth-order valence-corrected chi connectivity index (χ4v) is 3.89. The van der Waals surface area contributed by atoms with Gasteiger partial charge < -0.3 is 16.0 Å². The Morgan fingerprint density at radius 3 is 2.47 bits per heavy atom. The largest absolute Gasteiger partial charge is 0.384 e. The first-order valence-corrected chi connectivity index (χ1v) is 10.8. The van der Waals surface area contributed by atoms with Crippen LogP contribution in [0.3, 0.4) is 0 Å². The number of hydrogen-bond donors (Lipinski definition) is 3. The Kier molecular flexibility index (Phi) is 6.88. The number of benzene rings is 1. The number of halogens is 1. The summed E-state index contributed by atoms with van der Waals surface area (Å²) in [4.78, 5) is 29.1. The molecule has 2 heterocycles. The average molecular weight is 431 g/mol. The number of hydrogen-bond acceptors (Lipinski definition) is 4. The highest BCUT2D eigenvalue weighted by atomic mass is 35.5. The van der Waals surface area contributed by atoms with E-state index in [0.29, 0.717) is 12.5 Å². The molecule has 0 radical (unpaired) electrons. The monoisotopic (exact) mass is 430 g/mol. The molecule has 0 bridgehead atoms. The molecule has 0 spiro atoms. The van der Waals surface area contributed by atoms with Gasteiger partial charge >= 0.3 is 0 Å². The lowest BCUT2D eigenvalue weighted by atomic mass is 9.86. The standard InChI is InChI=1S/C23H31ClN4O2/c1-23(2,3)17-6-4-16(5-7-17)14-28-10-8-15(9-11-28)13-26-21(29)18-12-19(24)20(25)27-22(18)30/h4-7,12,15H,8-11,13-14H2,1-3H3,(H,26,29)(H3,25,27,30). The van der Waals surface area contributed by atoms with Crippen molar-refractivity contribution in [2.45, 2.75) is 45.6 Å². The number of likely N-dealkylation sites (tertiary alicyclic amines) is 1. The predicted molar refractivity (Wildman–Crippen MR) is 122 cm³/mol. The van der Waals surface area contributed by atoms with E-state index in [2.05, 4.69) is 60.2 Å². The van der Waals surface area contributed by atoms with Gasteiger partial charge in [-0.1, -0.05) is 56.6 Å². The van der Waals surface area contributed by atoms with Crippen LogP contribution in [0.5, 0.6) is 0 Å². The molecule has 2 aromatic rings. The van der Waals surface area contributed by atoms with Crippen molar-refractivity contribution in [2.24, 2.45) is 5.92 Å². The number of aromatic nitrogens is 1. The van der Waals surface area contributed by atoms with Gasteiger partial charge in [-0.2, -0.15) is 0 Å². The van der Waals surface area contributed by atoms with E-state index in [1.807, 2.05) is 0 Å². The van der Waals surface area contributed by atoms with Gasteiger partial charge in [0.1, 0.15) is 11.4 Å². The van der Waals surface area contributed by atoms with Gasteiger partial charge in [0.15, 0.2) is 0 Å². The molecule has 1 aromatic carbocycles. The number of rotatable bonds is 5. The second kappa shape index (κ2) is 9.23. The van der Waals surface area contributed by atoms with Crippen LogP contribution in [0.4, 0.5) is 5.82 Å². The number of nitrogens with zero attached hydrogens (tertiary/aromatic N) is 1. The Morgan fingerprint density at radius 2 is 1.87 bits per heavy atom. The normalized spacial score (nSPS) is 15.9. The molecule has 1 aliphatic heterocycles. The predicted octanol–water partition coefficient (Wildman–Crippen LogP) is 3.55. The van der Waals surface area contributed by atoms with E-state index in [1.54, 1.807) is 0 Å². The van der Waals surface area contributed by atoms with Crippen molar-refractivity contribution in [3.05, 3.63) is 62.4 Å². The van der Waals surface area contributed by atoms with Gasteiger partial charge in [0.25, 0.3) is 11.5 Å². The molecule has 1 amide bonds.